The normalized spacial score (nSPS) is 27.0. The first-order valence-corrected chi connectivity index (χ1v) is 6.76. The molecule has 0 aliphatic carbocycles. The zero-order valence-corrected chi connectivity index (χ0v) is 11.0. The van der Waals surface area contributed by atoms with E-state index in [0.29, 0.717) is 12.0 Å². The number of aliphatic hydroxyl groups is 1. The zero-order valence-electron chi connectivity index (χ0n) is 10.2. The summed E-state index contributed by atoms with van der Waals surface area (Å²) in [6.07, 6.45) is 2.41. The highest BCUT2D eigenvalue weighted by Crippen LogP contribution is 2.30. The number of nitrogens with one attached hydrogen (secondary N) is 1. The Morgan fingerprint density at radius 3 is 2.75 bits per heavy atom. The second-order valence-electron chi connectivity index (χ2n) is 5.21. The summed E-state index contributed by atoms with van der Waals surface area (Å²) in [5.41, 5.74) is -0.0180. The average Bonchev–Trinajstić information content (AvgIpc) is 2.67. The molecule has 0 saturated carbocycles. The standard InChI is InChI=1S/C12H20N2OS/c1-8-4-5-9(6-13-8)11-14-10(7-16-11)12(2,3)15/h7-9,13,15H,4-6H2,1-3H3. The predicted octanol–water partition coefficient (Wildman–Crippen LogP) is 2.23. The first kappa shape index (κ1) is 12.0. The number of aromatic nitrogens is 1. The number of hydrogen-bond acceptors (Lipinski definition) is 4. The maximum absolute atomic E-state index is 9.87. The molecule has 0 amide bonds. The molecule has 0 bridgehead atoms. The zero-order chi connectivity index (χ0) is 11.8. The van der Waals surface area contributed by atoms with Gasteiger partial charge in [0, 0.05) is 23.9 Å². The second kappa shape index (κ2) is 4.43. The summed E-state index contributed by atoms with van der Waals surface area (Å²) in [7, 11) is 0. The monoisotopic (exact) mass is 240 g/mol. The van der Waals surface area contributed by atoms with Crippen LogP contribution in [0.4, 0.5) is 0 Å². The van der Waals surface area contributed by atoms with Crippen LogP contribution in [0.5, 0.6) is 0 Å². The molecule has 3 nitrogen and oxygen atoms in total. The molecule has 1 fully saturated rings. The van der Waals surface area contributed by atoms with E-state index in [9.17, 15) is 5.11 Å². The highest BCUT2D eigenvalue weighted by Gasteiger charge is 2.25. The Hall–Kier alpha value is -0.450. The van der Waals surface area contributed by atoms with Gasteiger partial charge in [0.2, 0.25) is 0 Å². The third-order valence-corrected chi connectivity index (χ3v) is 4.17. The Bertz CT molecular complexity index is 348. The summed E-state index contributed by atoms with van der Waals surface area (Å²) in [5.74, 6) is 0.525. The fourth-order valence-electron chi connectivity index (χ4n) is 1.97. The van der Waals surface area contributed by atoms with Crippen LogP contribution in [-0.2, 0) is 5.60 Å². The van der Waals surface area contributed by atoms with E-state index in [0.717, 1.165) is 17.2 Å². The van der Waals surface area contributed by atoms with Crippen molar-refractivity contribution in [3.8, 4) is 0 Å². The lowest BCUT2D eigenvalue weighted by Crippen LogP contribution is -2.35. The van der Waals surface area contributed by atoms with Gasteiger partial charge >= 0.3 is 0 Å². The molecule has 2 unspecified atom stereocenters. The van der Waals surface area contributed by atoms with Crippen molar-refractivity contribution in [3.05, 3.63) is 16.1 Å². The van der Waals surface area contributed by atoms with Gasteiger partial charge in [-0.1, -0.05) is 0 Å². The summed E-state index contributed by atoms with van der Waals surface area (Å²) in [4.78, 5) is 4.56. The van der Waals surface area contributed by atoms with Crippen LogP contribution in [-0.4, -0.2) is 22.7 Å². The lowest BCUT2D eigenvalue weighted by atomic mass is 9.96. The predicted molar refractivity (Wildman–Crippen MR) is 66.8 cm³/mol. The van der Waals surface area contributed by atoms with Crippen LogP contribution in [0.3, 0.4) is 0 Å². The van der Waals surface area contributed by atoms with Crippen molar-refractivity contribution in [1.82, 2.24) is 10.3 Å². The van der Waals surface area contributed by atoms with Crippen LogP contribution >= 0.6 is 11.3 Å². The van der Waals surface area contributed by atoms with Gasteiger partial charge in [0.1, 0.15) is 5.60 Å². The quantitative estimate of drug-likeness (QED) is 0.833. The minimum absolute atomic E-state index is 0.525. The molecule has 90 valence electrons. The number of piperidine rings is 1. The van der Waals surface area contributed by atoms with Gasteiger partial charge in [0.05, 0.1) is 10.7 Å². The fourth-order valence-corrected chi connectivity index (χ4v) is 3.08. The van der Waals surface area contributed by atoms with E-state index in [1.807, 2.05) is 5.38 Å². The lowest BCUT2D eigenvalue weighted by Gasteiger charge is -2.26. The first-order chi connectivity index (χ1) is 7.47. The minimum Gasteiger partial charge on any atom is -0.384 e. The van der Waals surface area contributed by atoms with E-state index in [4.69, 9.17) is 0 Å². The van der Waals surface area contributed by atoms with Crippen molar-refractivity contribution in [2.75, 3.05) is 6.54 Å². The van der Waals surface area contributed by atoms with Gasteiger partial charge in [0.15, 0.2) is 0 Å². The molecule has 1 aromatic heterocycles. The van der Waals surface area contributed by atoms with E-state index in [2.05, 4.69) is 17.2 Å². The number of thiazole rings is 1. The number of hydrogen-bond donors (Lipinski definition) is 2. The molecule has 1 saturated heterocycles. The van der Waals surface area contributed by atoms with Gasteiger partial charge in [-0.3, -0.25) is 0 Å². The molecule has 4 heteroatoms. The molecule has 0 radical (unpaired) electrons. The van der Waals surface area contributed by atoms with E-state index >= 15 is 0 Å². The van der Waals surface area contributed by atoms with E-state index in [-0.39, 0.29) is 0 Å². The molecule has 2 heterocycles. The molecular formula is C12H20N2OS. The van der Waals surface area contributed by atoms with Crippen molar-refractivity contribution in [2.45, 2.75) is 51.2 Å². The summed E-state index contributed by atoms with van der Waals surface area (Å²) in [6.45, 7) is 6.81. The van der Waals surface area contributed by atoms with E-state index in [1.165, 1.54) is 12.8 Å². The van der Waals surface area contributed by atoms with Gasteiger partial charge in [-0.25, -0.2) is 4.98 Å². The molecule has 2 atom stereocenters. The number of rotatable bonds is 2. The van der Waals surface area contributed by atoms with Crippen LogP contribution in [0, 0.1) is 0 Å². The van der Waals surface area contributed by atoms with Crippen LogP contribution < -0.4 is 5.32 Å². The minimum atomic E-state index is -0.815. The molecule has 1 aliphatic heterocycles. The van der Waals surface area contributed by atoms with E-state index in [1.54, 1.807) is 25.2 Å². The topological polar surface area (TPSA) is 45.2 Å². The Morgan fingerprint density at radius 2 is 2.25 bits per heavy atom. The summed E-state index contributed by atoms with van der Waals surface area (Å²) >= 11 is 1.67. The maximum atomic E-state index is 9.87. The fraction of sp³-hybridized carbons (Fsp3) is 0.750. The van der Waals surface area contributed by atoms with E-state index < -0.39 is 5.60 Å². The average molecular weight is 240 g/mol. The SMILES string of the molecule is CC1CCC(c2nc(C(C)(C)O)cs2)CN1. The largest absolute Gasteiger partial charge is 0.384 e. The lowest BCUT2D eigenvalue weighted by molar-refractivity contribution is 0.0743. The summed E-state index contributed by atoms with van der Waals surface area (Å²) in [5, 5.41) is 16.5. The van der Waals surface area contributed by atoms with Gasteiger partial charge in [-0.2, -0.15) is 0 Å². The Kier molecular flexibility index (Phi) is 3.33. The molecule has 1 aromatic rings. The van der Waals surface area contributed by atoms with Crippen LogP contribution in [0.1, 0.15) is 50.2 Å². The van der Waals surface area contributed by atoms with Crippen molar-refractivity contribution in [2.24, 2.45) is 0 Å². The molecule has 16 heavy (non-hydrogen) atoms. The van der Waals surface area contributed by atoms with Crippen LogP contribution in [0.2, 0.25) is 0 Å². The molecule has 2 rings (SSSR count). The van der Waals surface area contributed by atoms with Gasteiger partial charge in [0.25, 0.3) is 0 Å². The highest BCUT2D eigenvalue weighted by atomic mass is 32.1. The second-order valence-corrected chi connectivity index (χ2v) is 6.10. The number of nitrogens with zero attached hydrogens (tertiary/aromatic N) is 1. The molecule has 2 N–H and O–H groups in total. The third kappa shape index (κ3) is 2.62. The molecule has 0 spiro atoms. The maximum Gasteiger partial charge on any atom is 0.102 e. The van der Waals surface area contributed by atoms with Gasteiger partial charge in [-0.05, 0) is 33.6 Å². The third-order valence-electron chi connectivity index (χ3n) is 3.16. The first-order valence-electron chi connectivity index (χ1n) is 5.88. The van der Waals surface area contributed by atoms with Crippen LogP contribution in [0.25, 0.3) is 0 Å². The smallest absolute Gasteiger partial charge is 0.102 e. The Labute approximate surface area is 101 Å². The van der Waals surface area contributed by atoms with Crippen molar-refractivity contribution in [1.29, 1.82) is 0 Å². The Morgan fingerprint density at radius 1 is 1.50 bits per heavy atom. The van der Waals surface area contributed by atoms with Gasteiger partial charge < -0.3 is 10.4 Å². The molecular weight excluding hydrogens is 220 g/mol. The van der Waals surface area contributed by atoms with Crippen molar-refractivity contribution in [3.63, 3.8) is 0 Å². The van der Waals surface area contributed by atoms with Crippen molar-refractivity contribution < 1.29 is 5.11 Å². The summed E-state index contributed by atoms with van der Waals surface area (Å²) < 4.78 is 0. The summed E-state index contributed by atoms with van der Waals surface area (Å²) in [6, 6.07) is 0.630. The molecule has 1 aliphatic rings. The highest BCUT2D eigenvalue weighted by molar-refractivity contribution is 7.09. The Balaban J connectivity index is 2.08. The van der Waals surface area contributed by atoms with Crippen molar-refractivity contribution >= 4 is 11.3 Å². The molecule has 0 aromatic carbocycles. The van der Waals surface area contributed by atoms with Crippen LogP contribution in [0.15, 0.2) is 5.38 Å². The van der Waals surface area contributed by atoms with Gasteiger partial charge in [-0.15, -0.1) is 11.3 Å².